The van der Waals surface area contributed by atoms with Crippen LogP contribution in [0.15, 0.2) is 370 Å². The minimum absolute atomic E-state index is 0.101. The van der Waals surface area contributed by atoms with Gasteiger partial charge in [-0.25, -0.2) is 0 Å². The lowest BCUT2D eigenvalue weighted by Gasteiger charge is -2.46. The molecule has 22 rings (SSSR count). The standard InChI is InChI=1S/C118H97BN4/c1-115(2,3)86-64-85(65-87(68-86)116(4,5)6)82-57-61-105-100(67-82)119-99-59-58-90(120-101-53-31-28-50-91(101)98-66-81(56-60-104(98)120)76-40-22-15-23-41-76)73-106(99)123(110-94(77-42-24-16-25-43-77)69-88(117(7,8)9)70-95(110)78-44-26-17-27-45-78)114-108-93-52-30-33-55-103(93)121-102-54-32-29-51-92(102)107(112(108)121)113(109(114)119)122(105)111-96(83-48-34-46-79(62-83)74-36-18-13-19-37-74)71-89(118(10,11)12)72-97(111)84-49-35-47-80(63-84)75-38-20-14-21-39-75/h13-73H,1-12H3/i28D,31D,50D,53D,56D,60D,66D. The molecule has 0 atom stereocenters. The van der Waals surface area contributed by atoms with Crippen LogP contribution < -0.4 is 26.2 Å². The zero-order valence-corrected chi connectivity index (χ0v) is 71.5. The predicted molar refractivity (Wildman–Crippen MR) is 528 cm³/mol. The summed E-state index contributed by atoms with van der Waals surface area (Å²) in [5, 5.41) is 4.52. The molecule has 0 amide bonds. The minimum Gasteiger partial charge on any atom is -0.309 e. The Hall–Kier alpha value is -14.0. The summed E-state index contributed by atoms with van der Waals surface area (Å²) in [5.41, 5.74) is 31.5. The molecule has 0 saturated carbocycles. The second-order valence-electron chi connectivity index (χ2n) is 37.9. The molecule has 0 N–H and O–H groups in total. The van der Waals surface area contributed by atoms with Crippen LogP contribution in [0.25, 0.3) is 155 Å². The van der Waals surface area contributed by atoms with Gasteiger partial charge in [0, 0.05) is 71.6 Å². The van der Waals surface area contributed by atoms with Gasteiger partial charge >= 0.3 is 0 Å². The molecule has 5 heterocycles. The van der Waals surface area contributed by atoms with E-state index in [1.54, 1.807) is 4.57 Å². The number of fused-ring (bicyclic) bond motifs is 15. The first kappa shape index (κ1) is 67.7. The molecule has 592 valence electrons. The van der Waals surface area contributed by atoms with Crippen molar-refractivity contribution >= 4 is 117 Å². The zero-order valence-electron chi connectivity index (χ0n) is 78.5. The maximum absolute atomic E-state index is 10.6. The molecule has 5 heteroatoms. The van der Waals surface area contributed by atoms with E-state index in [1.807, 2.05) is 30.3 Å². The highest BCUT2D eigenvalue weighted by Crippen LogP contribution is 2.60. The third-order valence-corrected chi connectivity index (χ3v) is 26.0. The molecule has 20 aromatic rings. The Kier molecular flexibility index (Phi) is 15.6. The van der Waals surface area contributed by atoms with Gasteiger partial charge in [0.05, 0.1) is 59.9 Å². The van der Waals surface area contributed by atoms with Crippen molar-refractivity contribution in [2.75, 3.05) is 9.80 Å². The highest BCUT2D eigenvalue weighted by molar-refractivity contribution is 7.01. The number of para-hydroxylation sites is 3. The van der Waals surface area contributed by atoms with E-state index in [4.69, 9.17) is 0 Å². The molecule has 0 aliphatic carbocycles. The summed E-state index contributed by atoms with van der Waals surface area (Å²) in [6.45, 7) is 27.2. The molecule has 123 heavy (non-hydrogen) atoms. The van der Waals surface area contributed by atoms with E-state index in [0.717, 1.165) is 172 Å². The number of rotatable bonds is 11. The summed E-state index contributed by atoms with van der Waals surface area (Å²) >= 11 is 0. The number of hydrogen-bond donors (Lipinski definition) is 0. The fourth-order valence-electron chi connectivity index (χ4n) is 19.7. The van der Waals surface area contributed by atoms with Crippen molar-refractivity contribution in [1.82, 2.24) is 8.97 Å². The first-order valence-electron chi connectivity index (χ1n) is 46.7. The van der Waals surface area contributed by atoms with Gasteiger partial charge in [0.2, 0.25) is 0 Å². The molecule has 0 bridgehead atoms. The molecule has 2 aliphatic rings. The van der Waals surface area contributed by atoms with Gasteiger partial charge in [-0.1, -0.05) is 368 Å². The average molecular weight is 1590 g/mol. The van der Waals surface area contributed by atoms with Crippen molar-refractivity contribution < 1.29 is 9.60 Å². The second kappa shape index (κ2) is 28.3. The van der Waals surface area contributed by atoms with Gasteiger partial charge in [0.25, 0.3) is 6.71 Å². The molecular formula is C118H97BN4. The summed E-state index contributed by atoms with van der Waals surface area (Å²) in [6, 6.07) is 118. The van der Waals surface area contributed by atoms with E-state index >= 15 is 0 Å². The molecule has 0 saturated heterocycles. The maximum atomic E-state index is 10.6. The van der Waals surface area contributed by atoms with Crippen LogP contribution in [0.1, 0.15) is 115 Å². The van der Waals surface area contributed by atoms with E-state index in [2.05, 4.69) is 395 Å². The fourth-order valence-corrected chi connectivity index (χ4v) is 19.7. The van der Waals surface area contributed by atoms with E-state index in [0.29, 0.717) is 11.3 Å². The van der Waals surface area contributed by atoms with Crippen LogP contribution in [0.4, 0.5) is 34.1 Å². The average Bonchev–Trinajstić information content (AvgIpc) is 1.44. The lowest BCUT2D eigenvalue weighted by Crippen LogP contribution is -2.61. The van der Waals surface area contributed by atoms with Gasteiger partial charge < -0.3 is 18.8 Å². The fraction of sp³-hybridized carbons (Fsp3) is 0.136. The Labute approximate surface area is 732 Å². The molecule has 0 radical (unpaired) electrons. The molecule has 17 aromatic carbocycles. The van der Waals surface area contributed by atoms with E-state index in [-0.39, 0.29) is 79.2 Å². The molecule has 0 fully saturated rings. The first-order valence-corrected chi connectivity index (χ1v) is 43.2. The summed E-state index contributed by atoms with van der Waals surface area (Å²) in [4.78, 5) is 5.32. The molecule has 3 aromatic heterocycles. The first-order chi connectivity index (χ1) is 62.5. The summed E-state index contributed by atoms with van der Waals surface area (Å²) < 4.78 is 75.1. The Bertz CT molecular complexity index is 7890. The van der Waals surface area contributed by atoms with Crippen molar-refractivity contribution in [2.45, 2.75) is 105 Å². The monoisotopic (exact) mass is 1590 g/mol. The van der Waals surface area contributed by atoms with Crippen LogP contribution in [-0.4, -0.2) is 15.7 Å². The largest absolute Gasteiger partial charge is 0.309 e. The minimum atomic E-state index is -0.618. The molecule has 0 unspecified atom stereocenters. The lowest BCUT2D eigenvalue weighted by atomic mass is 9.33. The Morgan fingerprint density at radius 2 is 0.667 bits per heavy atom. The van der Waals surface area contributed by atoms with Crippen LogP contribution in [0.5, 0.6) is 0 Å². The molecular weight excluding hydrogens is 1480 g/mol. The van der Waals surface area contributed by atoms with Crippen LogP contribution in [0.2, 0.25) is 0 Å². The number of nitrogens with zero attached hydrogens (tertiary/aromatic N) is 4. The van der Waals surface area contributed by atoms with Crippen molar-refractivity contribution in [3.8, 4) is 94.7 Å². The maximum Gasteiger partial charge on any atom is 0.252 e. The zero-order chi connectivity index (χ0) is 89.8. The van der Waals surface area contributed by atoms with Gasteiger partial charge in [0.1, 0.15) is 0 Å². The van der Waals surface area contributed by atoms with Crippen LogP contribution in [0, 0.1) is 0 Å². The van der Waals surface area contributed by atoms with Gasteiger partial charge in [-0.05, 0) is 212 Å². The smallest absolute Gasteiger partial charge is 0.252 e. The lowest BCUT2D eigenvalue weighted by molar-refractivity contribution is 0.569. The van der Waals surface area contributed by atoms with Gasteiger partial charge in [-0.2, -0.15) is 0 Å². The van der Waals surface area contributed by atoms with Gasteiger partial charge in [0.15, 0.2) is 0 Å². The topological polar surface area (TPSA) is 15.8 Å². The molecule has 2 aliphatic heterocycles. The summed E-state index contributed by atoms with van der Waals surface area (Å²) in [5.74, 6) is 0. The second-order valence-corrected chi connectivity index (χ2v) is 37.9. The number of hydrogen-bond acceptors (Lipinski definition) is 2. The number of aromatic nitrogens is 2. The highest BCUT2D eigenvalue weighted by Gasteiger charge is 2.49. The van der Waals surface area contributed by atoms with E-state index in [1.165, 1.54) is 16.7 Å². The van der Waals surface area contributed by atoms with Crippen LogP contribution in [-0.2, 0) is 21.7 Å². The van der Waals surface area contributed by atoms with Crippen molar-refractivity contribution in [3.05, 3.63) is 392 Å². The molecule has 0 spiro atoms. The third kappa shape index (κ3) is 12.3. The third-order valence-electron chi connectivity index (χ3n) is 26.0. The summed E-state index contributed by atoms with van der Waals surface area (Å²) in [6.07, 6.45) is 0. The Morgan fingerprint density at radius 3 is 1.16 bits per heavy atom. The number of benzene rings is 17. The molecule has 4 nitrogen and oxygen atoms in total. The van der Waals surface area contributed by atoms with Gasteiger partial charge in [-0.3, -0.25) is 0 Å². The van der Waals surface area contributed by atoms with Crippen molar-refractivity contribution in [2.24, 2.45) is 0 Å². The van der Waals surface area contributed by atoms with E-state index < -0.39 is 18.8 Å². The van der Waals surface area contributed by atoms with Crippen molar-refractivity contribution in [1.29, 1.82) is 0 Å². The number of anilines is 6. The normalized spacial score (nSPS) is 13.8. The van der Waals surface area contributed by atoms with Gasteiger partial charge in [-0.15, -0.1) is 0 Å². The summed E-state index contributed by atoms with van der Waals surface area (Å²) in [7, 11) is 0. The Morgan fingerprint density at radius 1 is 0.260 bits per heavy atom. The SMILES string of the molecule is [2H]c1c([2H])c([2H])c2c(c1[2H])c1c([2H])c(-c3ccccc3)c([2H])c([2H])c1n2-c1ccc2c(c1)N(c1c(-c3ccccc3)cc(C(C)(C)C)cc1-c1ccccc1)c1c3c(c4c5ccccc5n5c6ccccc6c1c45)N(c1c(-c4cccc(-c5ccccc5)c4)cc(C(C)(C)C)cc1-c1cccc(-c4ccccc4)c1)c1ccc(-c4cc(C(C)(C)C)cc(C(C)(C)C)c4)cc1B23. The highest BCUT2D eigenvalue weighted by atomic mass is 15.2. The van der Waals surface area contributed by atoms with Crippen LogP contribution in [0.3, 0.4) is 0 Å². The van der Waals surface area contributed by atoms with Crippen LogP contribution >= 0.6 is 0 Å². The quantitative estimate of drug-likeness (QED) is 0.120. The van der Waals surface area contributed by atoms with Crippen molar-refractivity contribution in [3.63, 3.8) is 0 Å². The Balaban J connectivity index is 0.993. The predicted octanol–water partition coefficient (Wildman–Crippen LogP) is 30.5. The van der Waals surface area contributed by atoms with E-state index in [9.17, 15) is 9.60 Å².